The molecule has 0 amide bonds. The summed E-state index contributed by atoms with van der Waals surface area (Å²) >= 11 is 0. The van der Waals surface area contributed by atoms with Gasteiger partial charge in [-0.1, -0.05) is 19.9 Å². The molecule has 0 aliphatic rings. The highest BCUT2D eigenvalue weighted by atomic mass is 19.1. The summed E-state index contributed by atoms with van der Waals surface area (Å²) in [6.07, 6.45) is -0.732. The molecule has 1 atom stereocenters. The summed E-state index contributed by atoms with van der Waals surface area (Å²) in [6.45, 7) is 3.48. The fourth-order valence-corrected chi connectivity index (χ4v) is 0.982. The van der Waals surface area contributed by atoms with Gasteiger partial charge in [0.25, 0.3) is 0 Å². The van der Waals surface area contributed by atoms with Crippen LogP contribution in [0.3, 0.4) is 0 Å². The standard InChI is InChI=1S/C11H14F2O2/c1-7(2)10(14)6-15-11-8(12)4-3-5-9(11)13/h3-5,7,10,14H,6H2,1-2H3. The van der Waals surface area contributed by atoms with Crippen molar-refractivity contribution in [3.05, 3.63) is 29.8 Å². The Balaban J connectivity index is 2.65. The number of hydrogen-bond donors (Lipinski definition) is 1. The van der Waals surface area contributed by atoms with Gasteiger partial charge in [-0.3, -0.25) is 0 Å². The second-order valence-corrected chi connectivity index (χ2v) is 3.67. The summed E-state index contributed by atoms with van der Waals surface area (Å²) in [5.74, 6) is -1.96. The molecule has 84 valence electrons. The van der Waals surface area contributed by atoms with Crippen LogP contribution in [0.25, 0.3) is 0 Å². The fourth-order valence-electron chi connectivity index (χ4n) is 0.982. The summed E-state index contributed by atoms with van der Waals surface area (Å²) < 4.78 is 31.0. The first-order valence-corrected chi connectivity index (χ1v) is 4.77. The minimum atomic E-state index is -0.758. The third-order valence-electron chi connectivity index (χ3n) is 2.09. The highest BCUT2D eigenvalue weighted by molar-refractivity contribution is 5.25. The molecule has 0 fully saturated rings. The lowest BCUT2D eigenvalue weighted by molar-refractivity contribution is 0.0666. The second kappa shape index (κ2) is 5.07. The Labute approximate surface area is 87.5 Å². The normalized spacial score (nSPS) is 12.9. The average molecular weight is 216 g/mol. The van der Waals surface area contributed by atoms with Gasteiger partial charge in [-0.25, -0.2) is 8.78 Å². The third-order valence-corrected chi connectivity index (χ3v) is 2.09. The van der Waals surface area contributed by atoms with Crippen LogP contribution in [-0.4, -0.2) is 17.8 Å². The van der Waals surface area contributed by atoms with Crippen molar-refractivity contribution in [3.63, 3.8) is 0 Å². The molecule has 15 heavy (non-hydrogen) atoms. The monoisotopic (exact) mass is 216 g/mol. The molecule has 0 radical (unpaired) electrons. The lowest BCUT2D eigenvalue weighted by Gasteiger charge is -2.15. The van der Waals surface area contributed by atoms with Crippen LogP contribution >= 0.6 is 0 Å². The molecule has 1 N–H and O–H groups in total. The number of para-hydroxylation sites is 1. The zero-order valence-corrected chi connectivity index (χ0v) is 8.71. The van der Waals surface area contributed by atoms with Crippen molar-refractivity contribution < 1.29 is 18.6 Å². The molecule has 0 spiro atoms. The Kier molecular flexibility index (Phi) is 4.03. The van der Waals surface area contributed by atoms with Crippen LogP contribution in [0.5, 0.6) is 5.75 Å². The highest BCUT2D eigenvalue weighted by Gasteiger charge is 2.14. The van der Waals surface area contributed by atoms with Crippen LogP contribution in [0, 0.1) is 17.6 Å². The van der Waals surface area contributed by atoms with E-state index in [9.17, 15) is 13.9 Å². The number of halogens is 2. The molecule has 4 heteroatoms. The minimum absolute atomic E-state index is 0.0140. The van der Waals surface area contributed by atoms with E-state index in [1.807, 2.05) is 0 Å². The van der Waals surface area contributed by atoms with Crippen molar-refractivity contribution in [2.75, 3.05) is 6.61 Å². The number of aliphatic hydroxyl groups is 1. The van der Waals surface area contributed by atoms with Crippen LogP contribution in [0.4, 0.5) is 8.78 Å². The van der Waals surface area contributed by atoms with Gasteiger partial charge < -0.3 is 9.84 Å². The number of hydrogen-bond acceptors (Lipinski definition) is 2. The summed E-state index contributed by atoms with van der Waals surface area (Å²) in [5.41, 5.74) is 0. The Hall–Kier alpha value is -1.16. The molecular formula is C11H14F2O2. The topological polar surface area (TPSA) is 29.5 Å². The summed E-state index contributed by atoms with van der Waals surface area (Å²) in [5, 5.41) is 9.40. The maximum Gasteiger partial charge on any atom is 0.190 e. The molecular weight excluding hydrogens is 202 g/mol. The summed E-state index contributed by atoms with van der Waals surface area (Å²) in [7, 11) is 0. The van der Waals surface area contributed by atoms with E-state index in [1.54, 1.807) is 13.8 Å². The molecule has 0 heterocycles. The van der Waals surface area contributed by atoms with E-state index in [1.165, 1.54) is 6.07 Å². The third kappa shape index (κ3) is 3.16. The molecule has 0 saturated carbocycles. The molecule has 1 unspecified atom stereocenters. The van der Waals surface area contributed by atoms with E-state index in [-0.39, 0.29) is 12.5 Å². The van der Waals surface area contributed by atoms with Crippen molar-refractivity contribution in [2.45, 2.75) is 20.0 Å². The van der Waals surface area contributed by atoms with Gasteiger partial charge in [0.05, 0.1) is 6.10 Å². The van der Waals surface area contributed by atoms with Gasteiger partial charge in [-0.05, 0) is 18.1 Å². The van der Waals surface area contributed by atoms with Gasteiger partial charge in [0.2, 0.25) is 0 Å². The molecule has 0 aliphatic carbocycles. The largest absolute Gasteiger partial charge is 0.485 e. The zero-order chi connectivity index (χ0) is 11.4. The molecule has 0 bridgehead atoms. The van der Waals surface area contributed by atoms with Crippen LogP contribution < -0.4 is 4.74 Å². The van der Waals surface area contributed by atoms with Crippen LogP contribution in [0.2, 0.25) is 0 Å². The van der Waals surface area contributed by atoms with Crippen LogP contribution in [0.1, 0.15) is 13.8 Å². The molecule has 1 aromatic rings. The van der Waals surface area contributed by atoms with Crippen molar-refractivity contribution >= 4 is 0 Å². The predicted molar refractivity (Wildman–Crippen MR) is 52.7 cm³/mol. The van der Waals surface area contributed by atoms with E-state index < -0.39 is 23.5 Å². The quantitative estimate of drug-likeness (QED) is 0.837. The number of aliphatic hydroxyl groups excluding tert-OH is 1. The molecule has 0 aromatic heterocycles. The molecule has 0 aliphatic heterocycles. The number of benzene rings is 1. The maximum atomic E-state index is 13.1. The average Bonchev–Trinajstić information content (AvgIpc) is 2.16. The number of ether oxygens (including phenoxy) is 1. The van der Waals surface area contributed by atoms with Crippen molar-refractivity contribution in [1.82, 2.24) is 0 Å². The minimum Gasteiger partial charge on any atom is -0.485 e. The molecule has 2 nitrogen and oxygen atoms in total. The molecule has 1 rings (SSSR count). The SMILES string of the molecule is CC(C)C(O)COc1c(F)cccc1F. The van der Waals surface area contributed by atoms with Crippen molar-refractivity contribution in [1.29, 1.82) is 0 Å². The second-order valence-electron chi connectivity index (χ2n) is 3.67. The van der Waals surface area contributed by atoms with Crippen LogP contribution in [0.15, 0.2) is 18.2 Å². The smallest absolute Gasteiger partial charge is 0.190 e. The van der Waals surface area contributed by atoms with Gasteiger partial charge in [0.1, 0.15) is 6.61 Å². The first-order chi connectivity index (χ1) is 7.02. The summed E-state index contributed by atoms with van der Waals surface area (Å²) in [4.78, 5) is 0. The van der Waals surface area contributed by atoms with E-state index in [0.717, 1.165) is 12.1 Å². The summed E-state index contributed by atoms with van der Waals surface area (Å²) in [6, 6.07) is 3.48. The van der Waals surface area contributed by atoms with Crippen molar-refractivity contribution in [2.24, 2.45) is 5.92 Å². The maximum absolute atomic E-state index is 13.1. The van der Waals surface area contributed by atoms with Crippen molar-refractivity contribution in [3.8, 4) is 5.75 Å². The van der Waals surface area contributed by atoms with Gasteiger partial charge in [0, 0.05) is 0 Å². The lowest BCUT2D eigenvalue weighted by atomic mass is 10.1. The van der Waals surface area contributed by atoms with Gasteiger partial charge in [0.15, 0.2) is 17.4 Å². The van der Waals surface area contributed by atoms with E-state index >= 15 is 0 Å². The van der Waals surface area contributed by atoms with Gasteiger partial charge in [-0.2, -0.15) is 0 Å². The first kappa shape index (κ1) is 11.9. The predicted octanol–water partition coefficient (Wildman–Crippen LogP) is 2.36. The highest BCUT2D eigenvalue weighted by Crippen LogP contribution is 2.21. The molecule has 1 aromatic carbocycles. The Morgan fingerprint density at radius 1 is 1.27 bits per heavy atom. The Morgan fingerprint density at radius 2 is 1.80 bits per heavy atom. The Morgan fingerprint density at radius 3 is 2.27 bits per heavy atom. The Bertz CT molecular complexity index is 306. The van der Waals surface area contributed by atoms with Gasteiger partial charge >= 0.3 is 0 Å². The first-order valence-electron chi connectivity index (χ1n) is 4.77. The zero-order valence-electron chi connectivity index (χ0n) is 8.71. The number of rotatable bonds is 4. The van der Waals surface area contributed by atoms with Gasteiger partial charge in [-0.15, -0.1) is 0 Å². The lowest BCUT2D eigenvalue weighted by Crippen LogP contribution is -2.23. The molecule has 0 saturated heterocycles. The van der Waals surface area contributed by atoms with E-state index in [0.29, 0.717) is 0 Å². The van der Waals surface area contributed by atoms with E-state index in [2.05, 4.69) is 0 Å². The van der Waals surface area contributed by atoms with E-state index in [4.69, 9.17) is 4.74 Å². The fraction of sp³-hybridized carbons (Fsp3) is 0.455. The van der Waals surface area contributed by atoms with Crippen LogP contribution in [-0.2, 0) is 0 Å².